The van der Waals surface area contributed by atoms with Crippen LogP contribution >= 0.6 is 35.3 Å². The minimum Gasteiger partial charge on any atom is -0.492 e. The van der Waals surface area contributed by atoms with E-state index >= 15 is 0 Å². The summed E-state index contributed by atoms with van der Waals surface area (Å²) >= 11 is 8.19. The van der Waals surface area contributed by atoms with Crippen molar-refractivity contribution >= 4 is 52.6 Å². The van der Waals surface area contributed by atoms with Gasteiger partial charge in [-0.3, -0.25) is 4.79 Å². The topological polar surface area (TPSA) is 77.8 Å². The number of anilines is 2. The molecule has 0 bridgehead atoms. The number of nitrogens with one attached hydrogen (secondary N) is 1. The zero-order valence-corrected chi connectivity index (χ0v) is 22.1. The maximum Gasteiger partial charge on any atom is 0.234 e. The van der Waals surface area contributed by atoms with E-state index < -0.39 is 0 Å². The van der Waals surface area contributed by atoms with Crippen molar-refractivity contribution in [2.75, 3.05) is 55.5 Å². The van der Waals surface area contributed by atoms with Crippen molar-refractivity contribution in [2.24, 2.45) is 0 Å². The molecule has 8 nitrogen and oxygen atoms in total. The largest absolute Gasteiger partial charge is 0.492 e. The van der Waals surface area contributed by atoms with Crippen LogP contribution in [0.3, 0.4) is 0 Å². The van der Waals surface area contributed by atoms with Crippen LogP contribution in [0.25, 0.3) is 5.69 Å². The maximum atomic E-state index is 12.8. The molecule has 1 fully saturated rings. The molecule has 0 spiro atoms. The third-order valence-corrected chi connectivity index (χ3v) is 7.51. The van der Waals surface area contributed by atoms with Gasteiger partial charge in [0.25, 0.3) is 0 Å². The summed E-state index contributed by atoms with van der Waals surface area (Å²) in [7, 11) is 0. The Labute approximate surface area is 218 Å². The van der Waals surface area contributed by atoms with Gasteiger partial charge in [0.05, 0.1) is 49.2 Å². The first-order valence-corrected chi connectivity index (χ1v) is 13.6. The fraction of sp³-hybridized carbons (Fsp3) is 0.375. The smallest absolute Gasteiger partial charge is 0.234 e. The van der Waals surface area contributed by atoms with E-state index in [9.17, 15) is 4.79 Å². The van der Waals surface area contributed by atoms with Crippen molar-refractivity contribution in [3.05, 3.63) is 46.4 Å². The molecule has 1 saturated heterocycles. The van der Waals surface area contributed by atoms with Crippen molar-refractivity contribution in [3.8, 4) is 17.2 Å². The van der Waals surface area contributed by atoms with Crippen LogP contribution in [0, 0.1) is 3.95 Å². The Morgan fingerprint density at radius 2 is 1.86 bits per heavy atom. The molecule has 1 aliphatic rings. The van der Waals surface area contributed by atoms with Gasteiger partial charge in [0.2, 0.25) is 5.91 Å². The summed E-state index contributed by atoms with van der Waals surface area (Å²) in [6.07, 6.45) is 0. The van der Waals surface area contributed by atoms with Crippen LogP contribution in [0.15, 0.2) is 46.8 Å². The third kappa shape index (κ3) is 6.54. The first-order chi connectivity index (χ1) is 17.1. The van der Waals surface area contributed by atoms with E-state index in [1.807, 2.05) is 56.3 Å². The number of hydrogen-bond donors (Lipinski definition) is 1. The zero-order valence-electron chi connectivity index (χ0n) is 19.7. The van der Waals surface area contributed by atoms with E-state index in [4.69, 9.17) is 26.4 Å². The minimum atomic E-state index is -0.162. The number of thioether (sulfide) groups is 1. The lowest BCUT2D eigenvalue weighted by atomic mass is 10.2. The van der Waals surface area contributed by atoms with Crippen LogP contribution < -0.4 is 19.7 Å². The van der Waals surface area contributed by atoms with Crippen LogP contribution in [0.2, 0.25) is 0 Å². The Balaban J connectivity index is 1.48. The van der Waals surface area contributed by atoms with Gasteiger partial charge >= 0.3 is 0 Å². The molecule has 0 aliphatic carbocycles. The van der Waals surface area contributed by atoms with Crippen molar-refractivity contribution < 1.29 is 19.0 Å². The highest BCUT2D eigenvalue weighted by molar-refractivity contribution is 8.01. The molecule has 2 aromatic carbocycles. The quantitative estimate of drug-likeness (QED) is 0.288. The zero-order chi connectivity index (χ0) is 24.6. The van der Waals surface area contributed by atoms with Gasteiger partial charge in [-0.2, -0.15) is 0 Å². The third-order valence-electron chi connectivity index (χ3n) is 5.14. The molecule has 2 heterocycles. The number of para-hydroxylation sites is 1. The number of hydrogen-bond acceptors (Lipinski definition) is 9. The normalized spacial score (nSPS) is 13.5. The van der Waals surface area contributed by atoms with E-state index in [1.165, 1.54) is 23.1 Å². The first-order valence-electron chi connectivity index (χ1n) is 11.4. The molecule has 0 radical (unpaired) electrons. The predicted octanol–water partition coefficient (Wildman–Crippen LogP) is 5.03. The fourth-order valence-electron chi connectivity index (χ4n) is 3.61. The number of benzene rings is 2. The lowest BCUT2D eigenvalue weighted by Gasteiger charge is -2.31. The van der Waals surface area contributed by atoms with Crippen molar-refractivity contribution in [3.63, 3.8) is 0 Å². The van der Waals surface area contributed by atoms with Gasteiger partial charge in [-0.1, -0.05) is 41.3 Å². The Morgan fingerprint density at radius 1 is 1.14 bits per heavy atom. The van der Waals surface area contributed by atoms with E-state index in [2.05, 4.69) is 15.3 Å². The molecule has 186 valence electrons. The van der Waals surface area contributed by atoms with E-state index in [0.717, 1.165) is 28.8 Å². The summed E-state index contributed by atoms with van der Waals surface area (Å²) in [6, 6.07) is 13.5. The molecule has 4 rings (SSSR count). The fourth-order valence-corrected chi connectivity index (χ4v) is 5.77. The molecule has 35 heavy (non-hydrogen) atoms. The van der Waals surface area contributed by atoms with Crippen LogP contribution in [-0.4, -0.2) is 61.0 Å². The number of morpholine rings is 1. The van der Waals surface area contributed by atoms with Gasteiger partial charge in [-0.25, -0.2) is 4.68 Å². The summed E-state index contributed by atoms with van der Waals surface area (Å²) in [5.74, 6) is 1.35. The van der Waals surface area contributed by atoms with E-state index in [-0.39, 0.29) is 11.7 Å². The van der Waals surface area contributed by atoms with Gasteiger partial charge in [-0.05, 0) is 38.2 Å². The highest BCUT2D eigenvalue weighted by atomic mass is 32.2. The number of carbonyl (C=O) groups excluding carboxylic acids is 1. The molecule has 0 unspecified atom stereocenters. The van der Waals surface area contributed by atoms with Crippen LogP contribution in [0.1, 0.15) is 13.8 Å². The van der Waals surface area contributed by atoms with Gasteiger partial charge < -0.3 is 24.4 Å². The molecule has 1 aromatic heterocycles. The van der Waals surface area contributed by atoms with Gasteiger partial charge in [-0.15, -0.1) is 5.10 Å². The lowest BCUT2D eigenvalue weighted by Crippen LogP contribution is -2.36. The average Bonchev–Trinajstić information content (AvgIpc) is 3.26. The Bertz CT molecular complexity index is 1190. The second-order valence-corrected chi connectivity index (χ2v) is 10.3. The SMILES string of the molecule is CCOc1cc(N2CCOCC2)c(OCC)cc1NC(=O)CSc1nn(-c2ccccc2)c(=S)s1. The number of aromatic nitrogens is 2. The Kier molecular flexibility index (Phi) is 9.02. The monoisotopic (exact) mass is 532 g/mol. The number of amides is 1. The molecular formula is C24H28N4O4S3. The molecule has 1 aliphatic heterocycles. The number of ether oxygens (including phenoxy) is 3. The van der Waals surface area contributed by atoms with Crippen molar-refractivity contribution in [1.29, 1.82) is 0 Å². The molecule has 0 saturated carbocycles. The second-order valence-electron chi connectivity index (χ2n) is 7.50. The highest BCUT2D eigenvalue weighted by Gasteiger charge is 2.20. The summed E-state index contributed by atoms with van der Waals surface area (Å²) in [5.41, 5.74) is 2.42. The standard InChI is InChI=1S/C24H28N4O4S3/c1-3-31-20-15-19(27-10-12-30-13-11-27)21(32-4-2)14-18(20)25-22(29)16-34-23-26-28(24(33)35-23)17-8-6-5-7-9-17/h5-9,14-15H,3-4,10-13,16H2,1-2H3,(H,25,29). The molecule has 1 N–H and O–H groups in total. The Morgan fingerprint density at radius 3 is 2.57 bits per heavy atom. The minimum absolute atomic E-state index is 0.162. The van der Waals surface area contributed by atoms with Gasteiger partial charge in [0.1, 0.15) is 11.5 Å². The van der Waals surface area contributed by atoms with Crippen LogP contribution in [-0.2, 0) is 9.53 Å². The molecule has 0 atom stereocenters. The van der Waals surface area contributed by atoms with E-state index in [1.54, 1.807) is 4.68 Å². The first kappa shape index (κ1) is 25.5. The Hall–Kier alpha value is -2.60. The van der Waals surface area contributed by atoms with Crippen molar-refractivity contribution in [1.82, 2.24) is 9.78 Å². The maximum absolute atomic E-state index is 12.8. The van der Waals surface area contributed by atoms with E-state index in [0.29, 0.717) is 47.6 Å². The van der Waals surface area contributed by atoms with Crippen molar-refractivity contribution in [2.45, 2.75) is 18.2 Å². The number of carbonyl (C=O) groups is 1. The molecular weight excluding hydrogens is 504 g/mol. The lowest BCUT2D eigenvalue weighted by molar-refractivity contribution is -0.113. The van der Waals surface area contributed by atoms with Crippen LogP contribution in [0.4, 0.5) is 11.4 Å². The highest BCUT2D eigenvalue weighted by Crippen LogP contribution is 2.39. The van der Waals surface area contributed by atoms with Gasteiger partial charge in [0.15, 0.2) is 8.29 Å². The summed E-state index contributed by atoms with van der Waals surface area (Å²) in [6.45, 7) is 7.74. The number of rotatable bonds is 10. The summed E-state index contributed by atoms with van der Waals surface area (Å²) < 4.78 is 20.4. The summed E-state index contributed by atoms with van der Waals surface area (Å²) in [4.78, 5) is 15.1. The number of nitrogens with zero attached hydrogens (tertiary/aromatic N) is 3. The van der Waals surface area contributed by atoms with Crippen LogP contribution in [0.5, 0.6) is 11.5 Å². The summed E-state index contributed by atoms with van der Waals surface area (Å²) in [5, 5.41) is 7.55. The molecule has 1 amide bonds. The molecule has 11 heteroatoms. The second kappa shape index (κ2) is 12.4. The average molecular weight is 533 g/mol. The van der Waals surface area contributed by atoms with Gasteiger partial charge in [0, 0.05) is 25.2 Å². The predicted molar refractivity (Wildman–Crippen MR) is 143 cm³/mol. The molecule has 3 aromatic rings.